The van der Waals surface area contributed by atoms with E-state index in [2.05, 4.69) is 64.8 Å². The Morgan fingerprint density at radius 1 is 0.824 bits per heavy atom. The van der Waals surface area contributed by atoms with Crippen molar-refractivity contribution in [2.45, 2.75) is 34.5 Å². The predicted octanol–water partition coefficient (Wildman–Crippen LogP) is 2.41. The molecule has 98 valence electrons. The van der Waals surface area contributed by atoms with Crippen LogP contribution in [0, 0.1) is 0 Å². The maximum Gasteiger partial charge on any atom is 0.0757 e. The van der Waals surface area contributed by atoms with Crippen molar-refractivity contribution in [2.75, 3.05) is 26.2 Å². The summed E-state index contributed by atoms with van der Waals surface area (Å²) < 4.78 is 1.28. The second kappa shape index (κ2) is 9.29. The summed E-state index contributed by atoms with van der Waals surface area (Å²) in [7, 11) is 0.196. The summed E-state index contributed by atoms with van der Waals surface area (Å²) in [6, 6.07) is 10.6. The van der Waals surface area contributed by atoms with E-state index in [4.69, 9.17) is 0 Å². The average molecular weight is 235 g/mol. The van der Waals surface area contributed by atoms with Gasteiger partial charge in [0.15, 0.2) is 0 Å². The maximum absolute atomic E-state index is 2.29. The molecule has 0 unspecified atom stereocenters. The highest BCUT2D eigenvalue weighted by molar-refractivity contribution is 6.51. The second-order valence-corrected chi connectivity index (χ2v) is 4.76. The smallest absolute Gasteiger partial charge is 0.0757 e. The summed E-state index contributed by atoms with van der Waals surface area (Å²) in [5, 5.41) is 0. The fourth-order valence-electron chi connectivity index (χ4n) is 2.21. The van der Waals surface area contributed by atoms with Gasteiger partial charge >= 0.3 is 0 Å². The highest BCUT2D eigenvalue weighted by Crippen LogP contribution is 2.03. The van der Waals surface area contributed by atoms with E-state index in [1.807, 2.05) is 0 Å². The number of hydrogen-bond donors (Lipinski definition) is 0. The van der Waals surface area contributed by atoms with Crippen molar-refractivity contribution in [3.8, 4) is 0 Å². The monoisotopic (exact) mass is 235 g/mol. The second-order valence-electron chi connectivity index (χ2n) is 4.76. The lowest BCUT2D eigenvalue weighted by atomic mass is 9.74. The first-order valence-corrected chi connectivity index (χ1v) is 7.50. The van der Waals surface area contributed by atoms with Crippen LogP contribution in [0.1, 0.15) is 27.7 Å². The molecule has 1 aromatic rings. The van der Waals surface area contributed by atoms with Gasteiger partial charge in [0, 0.05) is 0 Å². The first-order chi connectivity index (χ1) is 8.17. The van der Waals surface area contributed by atoms with Crippen molar-refractivity contribution >= 4 is 12.7 Å². The SMILES string of the molecule is CC[N+](CC)(CC)CC.C[BH2-]c1ccccc1. The third kappa shape index (κ3) is 5.93. The van der Waals surface area contributed by atoms with Gasteiger partial charge in [-0.15, -0.1) is 0 Å². The molecule has 0 aliphatic rings. The van der Waals surface area contributed by atoms with Gasteiger partial charge in [0.2, 0.25) is 0 Å². The van der Waals surface area contributed by atoms with Gasteiger partial charge in [0.25, 0.3) is 0 Å². The van der Waals surface area contributed by atoms with Crippen LogP contribution in [0.3, 0.4) is 0 Å². The maximum atomic E-state index is 2.29. The minimum atomic E-state index is 0.196. The van der Waals surface area contributed by atoms with Gasteiger partial charge in [-0.25, -0.2) is 5.46 Å². The Labute approximate surface area is 109 Å². The minimum absolute atomic E-state index is 0.196. The lowest BCUT2D eigenvalue weighted by molar-refractivity contribution is -0.921. The van der Waals surface area contributed by atoms with Crippen molar-refractivity contribution in [3.63, 3.8) is 0 Å². The molecule has 0 aliphatic carbocycles. The molecule has 2 heteroatoms. The van der Waals surface area contributed by atoms with Gasteiger partial charge in [0.1, 0.15) is 0 Å². The fraction of sp³-hybridized carbons (Fsp3) is 0.600. The summed E-state index contributed by atoms with van der Waals surface area (Å²) in [5.74, 6) is 0. The van der Waals surface area contributed by atoms with Crippen LogP contribution in [-0.4, -0.2) is 37.9 Å². The summed E-state index contributed by atoms with van der Waals surface area (Å²) in [4.78, 5) is 0. The van der Waals surface area contributed by atoms with Crippen LogP contribution in [0.5, 0.6) is 0 Å². The molecule has 0 heterocycles. The summed E-state index contributed by atoms with van der Waals surface area (Å²) in [6.45, 7) is 16.5. The number of nitrogens with zero attached hydrogens (tertiary/aromatic N) is 1. The normalized spacial score (nSPS) is 10.6. The molecule has 0 saturated heterocycles. The quantitative estimate of drug-likeness (QED) is 0.543. The first kappa shape index (κ1) is 16.2. The topological polar surface area (TPSA) is 0 Å². The number of hydrogen-bond acceptors (Lipinski definition) is 0. The molecule has 17 heavy (non-hydrogen) atoms. The molecule has 0 fully saturated rings. The molecule has 0 N–H and O–H groups in total. The lowest BCUT2D eigenvalue weighted by Gasteiger charge is -2.34. The van der Waals surface area contributed by atoms with E-state index in [0.29, 0.717) is 0 Å². The van der Waals surface area contributed by atoms with E-state index < -0.39 is 0 Å². The van der Waals surface area contributed by atoms with Crippen molar-refractivity contribution in [1.82, 2.24) is 0 Å². The molecule has 0 radical (unpaired) electrons. The molecule has 0 aliphatic heterocycles. The first-order valence-electron chi connectivity index (χ1n) is 7.50. The van der Waals surface area contributed by atoms with Crippen LogP contribution in [0.2, 0.25) is 6.82 Å². The zero-order chi connectivity index (χ0) is 13.1. The molecular weight excluding hydrogens is 205 g/mol. The molecule has 1 aromatic carbocycles. The van der Waals surface area contributed by atoms with E-state index in [0.717, 1.165) is 0 Å². The third-order valence-corrected chi connectivity index (χ3v) is 4.20. The Kier molecular flexibility index (Phi) is 8.88. The highest BCUT2D eigenvalue weighted by atomic mass is 15.3. The fourth-order valence-corrected chi connectivity index (χ4v) is 2.21. The molecule has 0 spiro atoms. The lowest BCUT2D eigenvalue weighted by Crippen LogP contribution is -2.47. The number of benzene rings is 1. The van der Waals surface area contributed by atoms with Gasteiger partial charge in [-0.2, -0.15) is 6.82 Å². The predicted molar refractivity (Wildman–Crippen MR) is 82.9 cm³/mol. The Morgan fingerprint density at radius 2 is 1.24 bits per heavy atom. The molecule has 0 amide bonds. The summed E-state index contributed by atoms with van der Waals surface area (Å²) in [5.41, 5.74) is 1.53. The van der Waals surface area contributed by atoms with Crippen LogP contribution in [0.4, 0.5) is 0 Å². The zero-order valence-electron chi connectivity index (χ0n) is 12.7. The minimum Gasteiger partial charge on any atom is -0.325 e. The highest BCUT2D eigenvalue weighted by Gasteiger charge is 2.16. The summed E-state index contributed by atoms with van der Waals surface area (Å²) >= 11 is 0. The van der Waals surface area contributed by atoms with E-state index >= 15 is 0 Å². The van der Waals surface area contributed by atoms with E-state index in [1.165, 1.54) is 36.1 Å². The van der Waals surface area contributed by atoms with Crippen LogP contribution in [-0.2, 0) is 0 Å². The van der Waals surface area contributed by atoms with Crippen LogP contribution in [0.15, 0.2) is 30.3 Å². The molecule has 1 nitrogen and oxygen atoms in total. The Bertz CT molecular complexity index is 250. The molecule has 0 bridgehead atoms. The van der Waals surface area contributed by atoms with E-state index in [-0.39, 0.29) is 7.28 Å². The molecule has 1 rings (SSSR count). The van der Waals surface area contributed by atoms with Crippen molar-refractivity contribution in [1.29, 1.82) is 0 Å². The third-order valence-electron chi connectivity index (χ3n) is 4.20. The van der Waals surface area contributed by atoms with E-state index in [9.17, 15) is 0 Å². The molecule has 0 aromatic heterocycles. The largest absolute Gasteiger partial charge is 0.325 e. The van der Waals surface area contributed by atoms with Crippen molar-refractivity contribution in [3.05, 3.63) is 30.3 Å². The van der Waals surface area contributed by atoms with Gasteiger partial charge in [0.05, 0.1) is 26.2 Å². The molecule has 0 atom stereocenters. The van der Waals surface area contributed by atoms with Crippen molar-refractivity contribution < 1.29 is 4.48 Å². The van der Waals surface area contributed by atoms with E-state index in [1.54, 1.807) is 0 Å². The molecular formula is C15H30BN. The number of quaternary nitrogens is 1. The summed E-state index contributed by atoms with van der Waals surface area (Å²) in [6.07, 6.45) is 0. The zero-order valence-corrected chi connectivity index (χ0v) is 12.7. The Balaban J connectivity index is 0.000000302. The van der Waals surface area contributed by atoms with Crippen LogP contribution < -0.4 is 5.46 Å². The molecule has 0 saturated carbocycles. The number of rotatable bonds is 5. The van der Waals surface area contributed by atoms with Gasteiger partial charge in [-0.05, 0) is 35.0 Å². The van der Waals surface area contributed by atoms with Crippen LogP contribution >= 0.6 is 0 Å². The standard InChI is InChI=1S/C8H20N.C7H10B/c1-5-9(6-2,7-3)8-4;1-8-7-5-3-2-4-6-7/h5-8H2,1-4H3;2-6H,8H2,1H3/q+1;-1. The average Bonchev–Trinajstić information content (AvgIpc) is 2.44. The van der Waals surface area contributed by atoms with Gasteiger partial charge in [-0.3, -0.25) is 0 Å². The van der Waals surface area contributed by atoms with Crippen molar-refractivity contribution in [2.24, 2.45) is 0 Å². The van der Waals surface area contributed by atoms with Gasteiger partial charge in [-0.1, -0.05) is 30.3 Å². The van der Waals surface area contributed by atoms with Crippen LogP contribution in [0.25, 0.3) is 0 Å². The Morgan fingerprint density at radius 3 is 1.41 bits per heavy atom. The Hall–Kier alpha value is -0.755. The van der Waals surface area contributed by atoms with Gasteiger partial charge < -0.3 is 4.48 Å².